The maximum absolute atomic E-state index is 13.6. The number of amides is 1. The largest absolute Gasteiger partial charge is 0.491 e. The molecule has 1 unspecified atom stereocenters. The third-order valence-electron chi connectivity index (χ3n) is 4.35. The lowest BCUT2D eigenvalue weighted by atomic mass is 10.1. The summed E-state index contributed by atoms with van der Waals surface area (Å²) in [5.41, 5.74) is 0.947. The second-order valence-electron chi connectivity index (χ2n) is 6.71. The molecule has 0 aromatic heterocycles. The van der Waals surface area contributed by atoms with Crippen LogP contribution in [0.3, 0.4) is 0 Å². The molecule has 5 nitrogen and oxygen atoms in total. The van der Waals surface area contributed by atoms with Crippen LogP contribution in [0.25, 0.3) is 0 Å². The Morgan fingerprint density at radius 1 is 1.10 bits per heavy atom. The van der Waals surface area contributed by atoms with Crippen LogP contribution >= 0.6 is 0 Å². The van der Waals surface area contributed by atoms with Gasteiger partial charge in [0.2, 0.25) is 5.91 Å². The van der Waals surface area contributed by atoms with Crippen LogP contribution in [0.15, 0.2) is 48.5 Å². The number of nitrogens with zero attached hydrogens (tertiary/aromatic N) is 1. The lowest BCUT2D eigenvalue weighted by Gasteiger charge is -2.25. The number of halogens is 2. The van der Waals surface area contributed by atoms with Gasteiger partial charge in [0.15, 0.2) is 11.6 Å². The molecule has 0 bridgehead atoms. The standard InChI is InChI=1S/C22H25F2NO4/c1-16(22(27)28-2)14-25(15-17-7-4-3-5-8-17)21(26)9-6-12-29-20-11-10-18(23)13-19(20)24/h3-5,7-8,10-11,13,16H,6,9,12,14-15H2,1-2H3. The monoisotopic (exact) mass is 405 g/mol. The van der Waals surface area contributed by atoms with Gasteiger partial charge in [-0.15, -0.1) is 0 Å². The molecule has 0 N–H and O–H groups in total. The van der Waals surface area contributed by atoms with Crippen molar-refractivity contribution in [1.82, 2.24) is 4.90 Å². The minimum absolute atomic E-state index is 0.0562. The number of hydrogen-bond donors (Lipinski definition) is 0. The van der Waals surface area contributed by atoms with Gasteiger partial charge in [-0.1, -0.05) is 37.3 Å². The van der Waals surface area contributed by atoms with Crippen molar-refractivity contribution < 1.29 is 27.8 Å². The van der Waals surface area contributed by atoms with Crippen molar-refractivity contribution in [3.63, 3.8) is 0 Å². The molecule has 0 aliphatic heterocycles. The first-order chi connectivity index (χ1) is 13.9. The predicted molar refractivity (Wildman–Crippen MR) is 104 cm³/mol. The van der Waals surface area contributed by atoms with Crippen molar-refractivity contribution in [2.24, 2.45) is 5.92 Å². The first kappa shape index (κ1) is 22.3. The average Bonchev–Trinajstić information content (AvgIpc) is 2.71. The Morgan fingerprint density at radius 2 is 1.83 bits per heavy atom. The van der Waals surface area contributed by atoms with E-state index in [1.54, 1.807) is 11.8 Å². The van der Waals surface area contributed by atoms with Gasteiger partial charge in [-0.2, -0.15) is 0 Å². The molecular weight excluding hydrogens is 380 g/mol. The Kier molecular flexibility index (Phi) is 8.58. The summed E-state index contributed by atoms with van der Waals surface area (Å²) in [6.07, 6.45) is 0.525. The van der Waals surface area contributed by atoms with Gasteiger partial charge in [-0.3, -0.25) is 9.59 Å². The molecule has 1 atom stereocenters. The van der Waals surface area contributed by atoms with Crippen molar-refractivity contribution >= 4 is 11.9 Å². The molecule has 0 spiro atoms. The maximum atomic E-state index is 13.6. The normalized spacial score (nSPS) is 11.6. The molecule has 0 saturated carbocycles. The molecule has 0 radical (unpaired) electrons. The fourth-order valence-electron chi connectivity index (χ4n) is 2.82. The van der Waals surface area contributed by atoms with Gasteiger partial charge in [-0.25, -0.2) is 8.78 Å². The third-order valence-corrected chi connectivity index (χ3v) is 4.35. The van der Waals surface area contributed by atoms with Gasteiger partial charge in [-0.05, 0) is 24.1 Å². The molecular formula is C22H25F2NO4. The topological polar surface area (TPSA) is 55.8 Å². The molecule has 0 aliphatic rings. The number of benzene rings is 2. The fourth-order valence-corrected chi connectivity index (χ4v) is 2.82. The number of carbonyl (C=O) groups is 2. The van der Waals surface area contributed by atoms with Crippen LogP contribution in [0, 0.1) is 17.6 Å². The van der Waals surface area contributed by atoms with Gasteiger partial charge in [0.05, 0.1) is 19.6 Å². The molecule has 2 aromatic carbocycles. The molecule has 0 heterocycles. The SMILES string of the molecule is COC(=O)C(C)CN(Cc1ccccc1)C(=O)CCCOc1ccc(F)cc1F. The number of methoxy groups -OCH3 is 1. The highest BCUT2D eigenvalue weighted by Gasteiger charge is 2.21. The summed E-state index contributed by atoms with van der Waals surface area (Å²) in [4.78, 5) is 26.1. The van der Waals surface area contributed by atoms with Gasteiger partial charge < -0.3 is 14.4 Å². The summed E-state index contributed by atoms with van der Waals surface area (Å²) in [5, 5.41) is 0. The van der Waals surface area contributed by atoms with Crippen molar-refractivity contribution in [2.45, 2.75) is 26.3 Å². The number of carbonyl (C=O) groups excluding carboxylic acids is 2. The van der Waals surface area contributed by atoms with Crippen LogP contribution < -0.4 is 4.74 Å². The highest BCUT2D eigenvalue weighted by molar-refractivity contribution is 5.78. The second kappa shape index (κ2) is 11.1. The van der Waals surface area contributed by atoms with Crippen LogP contribution in [0.2, 0.25) is 0 Å². The van der Waals surface area contributed by atoms with E-state index in [2.05, 4.69) is 0 Å². The lowest BCUT2D eigenvalue weighted by molar-refractivity contribution is -0.146. The minimum Gasteiger partial charge on any atom is -0.491 e. The van der Waals surface area contributed by atoms with Crippen molar-refractivity contribution in [2.75, 3.05) is 20.3 Å². The minimum atomic E-state index is -0.783. The Labute approximate surface area is 169 Å². The van der Waals surface area contributed by atoms with Crippen molar-refractivity contribution in [1.29, 1.82) is 0 Å². The van der Waals surface area contributed by atoms with Crippen molar-refractivity contribution in [3.05, 3.63) is 65.7 Å². The van der Waals surface area contributed by atoms with Crippen LogP contribution in [0.4, 0.5) is 8.78 Å². The van der Waals surface area contributed by atoms with E-state index in [-0.39, 0.29) is 37.2 Å². The van der Waals surface area contributed by atoms with E-state index in [1.165, 1.54) is 13.2 Å². The number of esters is 1. The average molecular weight is 405 g/mol. The van der Waals surface area contributed by atoms with E-state index in [1.807, 2.05) is 30.3 Å². The van der Waals surface area contributed by atoms with Crippen LogP contribution in [0.5, 0.6) is 5.75 Å². The molecule has 0 saturated heterocycles. The zero-order valence-corrected chi connectivity index (χ0v) is 16.6. The zero-order valence-electron chi connectivity index (χ0n) is 16.6. The Hall–Kier alpha value is -2.96. The van der Waals surface area contributed by atoms with E-state index in [0.29, 0.717) is 13.0 Å². The number of rotatable bonds is 10. The van der Waals surface area contributed by atoms with Crippen LogP contribution in [0.1, 0.15) is 25.3 Å². The Bertz CT molecular complexity index is 814. The molecule has 7 heteroatoms. The quantitative estimate of drug-likeness (QED) is 0.444. The molecule has 0 fully saturated rings. The molecule has 1 amide bonds. The Morgan fingerprint density at radius 3 is 2.48 bits per heavy atom. The highest BCUT2D eigenvalue weighted by Crippen LogP contribution is 2.18. The van der Waals surface area contributed by atoms with E-state index in [0.717, 1.165) is 17.7 Å². The number of hydrogen-bond acceptors (Lipinski definition) is 4. The van der Waals surface area contributed by atoms with E-state index < -0.39 is 17.6 Å². The van der Waals surface area contributed by atoms with Gasteiger partial charge in [0, 0.05) is 25.6 Å². The van der Waals surface area contributed by atoms with E-state index in [4.69, 9.17) is 9.47 Å². The van der Waals surface area contributed by atoms with E-state index in [9.17, 15) is 18.4 Å². The third kappa shape index (κ3) is 7.18. The smallest absolute Gasteiger partial charge is 0.310 e. The molecule has 156 valence electrons. The predicted octanol–water partition coefficient (Wildman–Crippen LogP) is 3.96. The zero-order chi connectivity index (χ0) is 21.2. The number of ether oxygens (including phenoxy) is 2. The lowest BCUT2D eigenvalue weighted by Crippen LogP contribution is -2.36. The summed E-state index contributed by atoms with van der Waals surface area (Å²) >= 11 is 0. The Balaban J connectivity index is 1.92. The van der Waals surface area contributed by atoms with Crippen molar-refractivity contribution in [3.8, 4) is 5.75 Å². The van der Waals surface area contributed by atoms with Crippen LogP contribution in [-0.4, -0.2) is 37.0 Å². The molecule has 2 aromatic rings. The second-order valence-corrected chi connectivity index (χ2v) is 6.71. The van der Waals surface area contributed by atoms with E-state index >= 15 is 0 Å². The fraction of sp³-hybridized carbons (Fsp3) is 0.364. The van der Waals surface area contributed by atoms with Crippen LogP contribution in [-0.2, 0) is 20.9 Å². The summed E-state index contributed by atoms with van der Waals surface area (Å²) in [5.74, 6) is -2.51. The summed E-state index contributed by atoms with van der Waals surface area (Å²) in [7, 11) is 1.31. The summed E-state index contributed by atoms with van der Waals surface area (Å²) in [6.45, 7) is 2.42. The summed E-state index contributed by atoms with van der Waals surface area (Å²) in [6, 6.07) is 12.5. The first-order valence-electron chi connectivity index (χ1n) is 9.38. The van der Waals surface area contributed by atoms with Gasteiger partial charge >= 0.3 is 5.97 Å². The molecule has 2 rings (SSSR count). The molecule has 0 aliphatic carbocycles. The summed E-state index contributed by atoms with van der Waals surface area (Å²) < 4.78 is 36.5. The first-order valence-corrected chi connectivity index (χ1v) is 9.38. The molecule has 29 heavy (non-hydrogen) atoms. The van der Waals surface area contributed by atoms with Gasteiger partial charge in [0.25, 0.3) is 0 Å². The highest BCUT2D eigenvalue weighted by atomic mass is 19.1. The van der Waals surface area contributed by atoms with Gasteiger partial charge in [0.1, 0.15) is 5.82 Å². The maximum Gasteiger partial charge on any atom is 0.310 e.